The van der Waals surface area contributed by atoms with E-state index >= 15 is 0 Å². The summed E-state index contributed by atoms with van der Waals surface area (Å²) < 4.78 is 0. The predicted octanol–water partition coefficient (Wildman–Crippen LogP) is -7.94. The standard InChI is InChI=1S/5C8H6O4.2V/c5*9-7(10)5-3-1-2-4-6(5)8(11)12;;/h5*1-4H,(H,9,10)(H,11,12);;/q;;;;;2*+5/p-10. The zero-order valence-corrected chi connectivity index (χ0v) is 33.4. The minimum absolute atomic E-state index is 0. The molecule has 0 N–H and O–H groups in total. The molecule has 0 aliphatic carbocycles. The molecule has 0 aliphatic rings. The van der Waals surface area contributed by atoms with Gasteiger partial charge >= 0.3 is 37.1 Å². The van der Waals surface area contributed by atoms with E-state index < -0.39 is 59.7 Å². The van der Waals surface area contributed by atoms with Crippen LogP contribution >= 0.6 is 0 Å². The Morgan fingerprint density at radius 3 is 0.306 bits per heavy atom. The molecule has 0 aromatic heterocycles. The Kier molecular flexibility index (Phi) is 25.0. The first-order valence-corrected chi connectivity index (χ1v) is 15.7. The molecule has 5 rings (SSSR count). The molecular weight excluding hydrogens is 902 g/mol. The smallest absolute Gasteiger partial charge is 0.545 e. The Morgan fingerprint density at radius 2 is 0.258 bits per heavy atom. The van der Waals surface area contributed by atoms with E-state index in [1.54, 1.807) is 0 Å². The van der Waals surface area contributed by atoms with Crippen molar-refractivity contribution in [1.29, 1.82) is 0 Å². The number of carboxylic acid groups (broad SMARTS) is 10. The fourth-order valence-electron chi connectivity index (χ4n) is 4.20. The molecule has 5 aromatic carbocycles. The van der Waals surface area contributed by atoms with Crippen molar-refractivity contribution in [3.8, 4) is 0 Å². The van der Waals surface area contributed by atoms with Crippen molar-refractivity contribution in [1.82, 2.24) is 0 Å². The molecule has 0 spiro atoms. The molecule has 5 aromatic rings. The molecule has 310 valence electrons. The van der Waals surface area contributed by atoms with Crippen molar-refractivity contribution in [3.63, 3.8) is 0 Å². The monoisotopic (exact) mass is 922 g/mol. The topological polar surface area (TPSA) is 401 Å². The van der Waals surface area contributed by atoms with Gasteiger partial charge in [0.05, 0.1) is 59.7 Å². The van der Waals surface area contributed by atoms with Gasteiger partial charge in [-0.3, -0.25) is 0 Å². The number of hydrogen-bond donors (Lipinski definition) is 0. The van der Waals surface area contributed by atoms with Gasteiger partial charge in [-0.25, -0.2) is 0 Å². The van der Waals surface area contributed by atoms with E-state index in [0.29, 0.717) is 0 Å². The van der Waals surface area contributed by atoms with Crippen molar-refractivity contribution in [3.05, 3.63) is 177 Å². The van der Waals surface area contributed by atoms with Gasteiger partial charge in [-0.1, -0.05) is 121 Å². The first-order valence-electron chi connectivity index (χ1n) is 15.7. The van der Waals surface area contributed by atoms with Crippen LogP contribution in [-0.2, 0) is 37.1 Å². The van der Waals surface area contributed by atoms with E-state index in [2.05, 4.69) is 0 Å². The van der Waals surface area contributed by atoms with Gasteiger partial charge in [0.15, 0.2) is 0 Å². The van der Waals surface area contributed by atoms with Crippen molar-refractivity contribution >= 4 is 59.7 Å². The summed E-state index contributed by atoms with van der Waals surface area (Å²) in [5, 5.41) is 103. The Balaban J connectivity index is 0. The van der Waals surface area contributed by atoms with E-state index in [1.165, 1.54) is 60.7 Å². The van der Waals surface area contributed by atoms with Crippen LogP contribution in [-0.4, -0.2) is 59.7 Å². The van der Waals surface area contributed by atoms with E-state index in [1.807, 2.05) is 0 Å². The number of carbonyl (C=O) groups is 10. The predicted molar refractivity (Wildman–Crippen MR) is 176 cm³/mol. The molecule has 0 radical (unpaired) electrons. The maximum atomic E-state index is 10.3. The van der Waals surface area contributed by atoms with Crippen molar-refractivity contribution < 1.29 is 136 Å². The Morgan fingerprint density at radius 1 is 0.194 bits per heavy atom. The largest absolute Gasteiger partial charge is 5.00 e. The van der Waals surface area contributed by atoms with E-state index in [4.69, 9.17) is 0 Å². The summed E-state index contributed by atoms with van der Waals surface area (Å²) >= 11 is 0. The van der Waals surface area contributed by atoms with Crippen LogP contribution in [0, 0.1) is 0 Å². The molecule has 22 heteroatoms. The number of benzene rings is 5. The molecule has 0 aliphatic heterocycles. The second kappa shape index (κ2) is 27.6. The summed E-state index contributed by atoms with van der Waals surface area (Å²) in [4.78, 5) is 103. The van der Waals surface area contributed by atoms with Gasteiger partial charge in [0, 0.05) is 55.6 Å². The molecule has 0 atom stereocenters. The maximum Gasteiger partial charge on any atom is 5.00 e. The molecule has 0 saturated carbocycles. The SMILES string of the molecule is O=C([O-])c1ccccc1C(=O)[O-].O=C([O-])c1ccccc1C(=O)[O-].O=C([O-])c1ccccc1C(=O)[O-].O=C([O-])c1ccccc1C(=O)[O-].O=C([O-])c1ccccc1C(=O)[O-].[V+5].[V+5]. The van der Waals surface area contributed by atoms with Gasteiger partial charge < -0.3 is 99.0 Å². The van der Waals surface area contributed by atoms with Crippen molar-refractivity contribution in [2.75, 3.05) is 0 Å². The summed E-state index contributed by atoms with van der Waals surface area (Å²) in [6, 6.07) is 25.7. The third-order valence-corrected chi connectivity index (χ3v) is 6.83. The van der Waals surface area contributed by atoms with Crippen LogP contribution in [0.4, 0.5) is 0 Å². The summed E-state index contributed by atoms with van der Waals surface area (Å²) in [7, 11) is 0. The van der Waals surface area contributed by atoms with Gasteiger partial charge in [-0.15, -0.1) is 0 Å². The van der Waals surface area contributed by atoms with Crippen LogP contribution in [0.2, 0.25) is 0 Å². The molecule has 0 bridgehead atoms. The summed E-state index contributed by atoms with van der Waals surface area (Å²) in [5.41, 5.74) is -3.63. The van der Waals surface area contributed by atoms with Crippen molar-refractivity contribution in [2.45, 2.75) is 0 Å². The number of carbonyl (C=O) groups excluding carboxylic acids is 10. The quantitative estimate of drug-likeness (QED) is 0.125. The number of aromatic carboxylic acids is 10. The third-order valence-electron chi connectivity index (χ3n) is 6.83. The third kappa shape index (κ3) is 17.8. The van der Waals surface area contributed by atoms with Crippen LogP contribution in [0.3, 0.4) is 0 Å². The maximum absolute atomic E-state index is 10.3. The van der Waals surface area contributed by atoms with Crippen LogP contribution in [0.5, 0.6) is 0 Å². The van der Waals surface area contributed by atoms with Crippen LogP contribution in [0.1, 0.15) is 104 Å². The van der Waals surface area contributed by atoms with Crippen LogP contribution in [0.25, 0.3) is 0 Å². The van der Waals surface area contributed by atoms with Gasteiger partial charge in [0.2, 0.25) is 0 Å². The molecule has 0 saturated heterocycles. The van der Waals surface area contributed by atoms with Crippen LogP contribution < -0.4 is 51.1 Å². The molecule has 0 fully saturated rings. The Labute approximate surface area is 371 Å². The average Bonchev–Trinajstić information content (AvgIpc) is 3.21. The fourth-order valence-corrected chi connectivity index (χ4v) is 4.20. The molecular formula is C40H20O20V2. The fraction of sp³-hybridized carbons (Fsp3) is 0. The normalized spacial score (nSPS) is 9.03. The number of hydrogen-bond acceptors (Lipinski definition) is 20. The summed E-state index contributed by atoms with van der Waals surface area (Å²) in [6.45, 7) is 0. The van der Waals surface area contributed by atoms with Crippen LogP contribution in [0.15, 0.2) is 121 Å². The van der Waals surface area contributed by atoms with Gasteiger partial charge in [-0.05, 0) is 0 Å². The molecule has 0 unspecified atom stereocenters. The Bertz CT molecular complexity index is 1890. The minimum Gasteiger partial charge on any atom is -0.545 e. The van der Waals surface area contributed by atoms with Gasteiger partial charge in [0.25, 0.3) is 0 Å². The molecule has 0 amide bonds. The second-order valence-corrected chi connectivity index (χ2v) is 10.6. The second-order valence-electron chi connectivity index (χ2n) is 10.6. The molecule has 0 heterocycles. The Hall–Kier alpha value is -8.03. The average molecular weight is 922 g/mol. The first kappa shape index (κ1) is 56.1. The van der Waals surface area contributed by atoms with E-state index in [9.17, 15) is 99.0 Å². The van der Waals surface area contributed by atoms with Crippen molar-refractivity contribution in [2.24, 2.45) is 0 Å². The number of rotatable bonds is 10. The molecule has 20 nitrogen and oxygen atoms in total. The van der Waals surface area contributed by atoms with E-state index in [-0.39, 0.29) is 92.7 Å². The first-order chi connectivity index (χ1) is 28.1. The molecule has 62 heavy (non-hydrogen) atoms. The zero-order chi connectivity index (χ0) is 45.7. The number of carboxylic acids is 10. The van der Waals surface area contributed by atoms with E-state index in [0.717, 1.165) is 60.7 Å². The summed E-state index contributed by atoms with van der Waals surface area (Å²) in [6.07, 6.45) is 0. The minimum atomic E-state index is -1.52. The van der Waals surface area contributed by atoms with Gasteiger partial charge in [0.1, 0.15) is 0 Å². The van der Waals surface area contributed by atoms with Gasteiger partial charge in [-0.2, -0.15) is 0 Å². The zero-order valence-electron chi connectivity index (χ0n) is 30.6. The summed E-state index contributed by atoms with van der Waals surface area (Å²) in [5.74, 6) is -15.2.